The van der Waals surface area contributed by atoms with E-state index in [1.807, 2.05) is 0 Å². The molecule has 0 spiro atoms. The third-order valence-electron chi connectivity index (χ3n) is 3.54. The normalized spacial score (nSPS) is 16.5. The number of nitrogens with one attached hydrogen (secondary N) is 1. The molecular weight excluding hydrogens is 210 g/mol. The summed E-state index contributed by atoms with van der Waals surface area (Å²) in [6.07, 6.45) is 1.90. The second-order valence-electron chi connectivity index (χ2n) is 4.77. The van der Waals surface area contributed by atoms with Crippen molar-refractivity contribution in [2.24, 2.45) is 0 Å². The van der Waals surface area contributed by atoms with Gasteiger partial charge in [-0.05, 0) is 31.2 Å². The van der Waals surface area contributed by atoms with Crippen LogP contribution in [0.1, 0.15) is 45.1 Å². The maximum absolute atomic E-state index is 9.00. The lowest BCUT2D eigenvalue weighted by molar-refractivity contribution is 0.253. The van der Waals surface area contributed by atoms with E-state index in [0.29, 0.717) is 18.0 Å². The first-order valence-corrected chi connectivity index (χ1v) is 6.60. The van der Waals surface area contributed by atoms with Crippen molar-refractivity contribution in [3.8, 4) is 0 Å². The van der Waals surface area contributed by atoms with Crippen LogP contribution in [0.15, 0.2) is 30.3 Å². The van der Waals surface area contributed by atoms with Gasteiger partial charge in [-0.2, -0.15) is 0 Å². The predicted octanol–water partition coefficient (Wildman–Crippen LogP) is 2.93. The second kappa shape index (κ2) is 7.46. The van der Waals surface area contributed by atoms with Crippen molar-refractivity contribution >= 4 is 0 Å². The third kappa shape index (κ3) is 4.49. The Hall–Kier alpha value is -0.860. The van der Waals surface area contributed by atoms with Crippen LogP contribution in [0.4, 0.5) is 0 Å². The Bertz CT molecular complexity index is 299. The number of rotatable bonds is 7. The molecule has 0 aromatic heterocycles. The van der Waals surface area contributed by atoms with E-state index >= 15 is 0 Å². The van der Waals surface area contributed by atoms with Crippen molar-refractivity contribution < 1.29 is 5.11 Å². The molecule has 0 saturated heterocycles. The summed E-state index contributed by atoms with van der Waals surface area (Å²) >= 11 is 0. The Morgan fingerprint density at radius 3 is 2.35 bits per heavy atom. The van der Waals surface area contributed by atoms with E-state index in [9.17, 15) is 0 Å². The first kappa shape index (κ1) is 14.2. The molecule has 0 radical (unpaired) electrons. The van der Waals surface area contributed by atoms with Crippen LogP contribution >= 0.6 is 0 Å². The monoisotopic (exact) mass is 235 g/mol. The predicted molar refractivity (Wildman–Crippen MR) is 73.2 cm³/mol. The van der Waals surface area contributed by atoms with Crippen molar-refractivity contribution in [2.45, 2.75) is 51.6 Å². The molecule has 2 N–H and O–H groups in total. The van der Waals surface area contributed by atoms with Crippen LogP contribution in [0.3, 0.4) is 0 Å². The smallest absolute Gasteiger partial charge is 0.0445 e. The van der Waals surface area contributed by atoms with Crippen molar-refractivity contribution in [1.82, 2.24) is 5.32 Å². The summed E-state index contributed by atoms with van der Waals surface area (Å²) in [6.45, 7) is 6.89. The minimum Gasteiger partial charge on any atom is -0.396 e. The van der Waals surface area contributed by atoms with E-state index in [1.54, 1.807) is 0 Å². The van der Waals surface area contributed by atoms with Gasteiger partial charge in [0.15, 0.2) is 0 Å². The molecule has 96 valence electrons. The van der Waals surface area contributed by atoms with E-state index in [-0.39, 0.29) is 6.61 Å². The summed E-state index contributed by atoms with van der Waals surface area (Å²) in [5, 5.41) is 12.6. The van der Waals surface area contributed by atoms with Crippen LogP contribution in [0, 0.1) is 0 Å². The van der Waals surface area contributed by atoms with Crippen molar-refractivity contribution in [2.75, 3.05) is 6.61 Å². The standard InChI is InChI=1S/C15H25NO/c1-4-15(10-11-17)16-13(3)12(2)14-8-6-5-7-9-14/h5-9,12-13,15-17H,4,10-11H2,1-3H3. The largest absolute Gasteiger partial charge is 0.396 e. The second-order valence-corrected chi connectivity index (χ2v) is 4.77. The van der Waals surface area contributed by atoms with Crippen LogP contribution in [-0.2, 0) is 0 Å². The maximum atomic E-state index is 9.00. The molecule has 17 heavy (non-hydrogen) atoms. The molecular formula is C15H25NO. The quantitative estimate of drug-likeness (QED) is 0.761. The summed E-state index contributed by atoms with van der Waals surface area (Å²) in [4.78, 5) is 0. The molecule has 1 aromatic rings. The summed E-state index contributed by atoms with van der Waals surface area (Å²) in [5.41, 5.74) is 1.37. The maximum Gasteiger partial charge on any atom is 0.0445 e. The highest BCUT2D eigenvalue weighted by molar-refractivity contribution is 5.20. The SMILES string of the molecule is CCC(CCO)NC(C)C(C)c1ccccc1. The molecule has 2 heteroatoms. The minimum atomic E-state index is 0.262. The number of aliphatic hydroxyl groups excluding tert-OH is 1. The van der Waals surface area contributed by atoms with Gasteiger partial charge in [-0.25, -0.2) is 0 Å². The zero-order valence-electron chi connectivity index (χ0n) is 11.2. The van der Waals surface area contributed by atoms with Gasteiger partial charge < -0.3 is 10.4 Å². The Morgan fingerprint density at radius 2 is 1.82 bits per heavy atom. The number of aliphatic hydroxyl groups is 1. The molecule has 0 saturated carbocycles. The Labute approximate surface area is 105 Å². The van der Waals surface area contributed by atoms with Crippen LogP contribution in [-0.4, -0.2) is 23.8 Å². The van der Waals surface area contributed by atoms with Crippen LogP contribution < -0.4 is 5.32 Å². The zero-order valence-corrected chi connectivity index (χ0v) is 11.2. The Balaban J connectivity index is 2.54. The summed E-state index contributed by atoms with van der Waals surface area (Å²) in [7, 11) is 0. The van der Waals surface area contributed by atoms with Crippen molar-refractivity contribution in [3.63, 3.8) is 0 Å². The highest BCUT2D eigenvalue weighted by Crippen LogP contribution is 2.19. The van der Waals surface area contributed by atoms with Gasteiger partial charge in [0.1, 0.15) is 0 Å². The average molecular weight is 235 g/mol. The molecule has 1 rings (SSSR count). The molecule has 3 unspecified atom stereocenters. The van der Waals surface area contributed by atoms with E-state index in [1.165, 1.54) is 5.56 Å². The molecule has 0 fully saturated rings. The van der Waals surface area contributed by atoms with Gasteiger partial charge in [0.25, 0.3) is 0 Å². The molecule has 0 heterocycles. The molecule has 2 nitrogen and oxygen atoms in total. The van der Waals surface area contributed by atoms with Crippen molar-refractivity contribution in [3.05, 3.63) is 35.9 Å². The van der Waals surface area contributed by atoms with Gasteiger partial charge >= 0.3 is 0 Å². The first-order chi connectivity index (χ1) is 8.19. The summed E-state index contributed by atoms with van der Waals surface area (Å²) < 4.78 is 0. The lowest BCUT2D eigenvalue weighted by Gasteiger charge is -2.26. The topological polar surface area (TPSA) is 32.3 Å². The van der Waals surface area contributed by atoms with Gasteiger partial charge in [0, 0.05) is 18.7 Å². The molecule has 0 aliphatic rings. The minimum absolute atomic E-state index is 0.262. The van der Waals surface area contributed by atoms with E-state index in [2.05, 4.69) is 56.4 Å². The number of hydrogen-bond donors (Lipinski definition) is 2. The van der Waals surface area contributed by atoms with E-state index in [0.717, 1.165) is 12.8 Å². The fourth-order valence-corrected chi connectivity index (χ4v) is 2.12. The fraction of sp³-hybridized carbons (Fsp3) is 0.600. The lowest BCUT2D eigenvalue weighted by atomic mass is 9.93. The highest BCUT2D eigenvalue weighted by atomic mass is 16.3. The lowest BCUT2D eigenvalue weighted by Crippen LogP contribution is -2.39. The van der Waals surface area contributed by atoms with Gasteiger partial charge in [-0.15, -0.1) is 0 Å². The van der Waals surface area contributed by atoms with Gasteiger partial charge in [0.05, 0.1) is 0 Å². The first-order valence-electron chi connectivity index (χ1n) is 6.60. The van der Waals surface area contributed by atoms with Gasteiger partial charge in [-0.1, -0.05) is 44.2 Å². The molecule has 1 aromatic carbocycles. The zero-order chi connectivity index (χ0) is 12.7. The third-order valence-corrected chi connectivity index (χ3v) is 3.54. The Kier molecular flexibility index (Phi) is 6.23. The number of hydrogen-bond acceptors (Lipinski definition) is 2. The van der Waals surface area contributed by atoms with Crippen molar-refractivity contribution in [1.29, 1.82) is 0 Å². The fourth-order valence-electron chi connectivity index (χ4n) is 2.12. The average Bonchev–Trinajstić information content (AvgIpc) is 2.38. The molecule has 0 bridgehead atoms. The van der Waals surface area contributed by atoms with Crippen LogP contribution in [0.25, 0.3) is 0 Å². The van der Waals surface area contributed by atoms with Gasteiger partial charge in [0.2, 0.25) is 0 Å². The summed E-state index contributed by atoms with van der Waals surface area (Å²) in [6, 6.07) is 11.4. The summed E-state index contributed by atoms with van der Waals surface area (Å²) in [5.74, 6) is 0.490. The van der Waals surface area contributed by atoms with E-state index < -0.39 is 0 Å². The van der Waals surface area contributed by atoms with E-state index in [4.69, 9.17) is 5.11 Å². The van der Waals surface area contributed by atoms with Gasteiger partial charge in [-0.3, -0.25) is 0 Å². The molecule has 0 amide bonds. The molecule has 0 aliphatic carbocycles. The molecule has 0 aliphatic heterocycles. The molecule has 3 atom stereocenters. The highest BCUT2D eigenvalue weighted by Gasteiger charge is 2.16. The number of benzene rings is 1. The Morgan fingerprint density at radius 1 is 1.18 bits per heavy atom. The van der Waals surface area contributed by atoms with Crippen LogP contribution in [0.5, 0.6) is 0 Å². The van der Waals surface area contributed by atoms with Crippen LogP contribution in [0.2, 0.25) is 0 Å².